The fourth-order valence-corrected chi connectivity index (χ4v) is 3.35. The summed E-state index contributed by atoms with van der Waals surface area (Å²) in [6, 6.07) is 6.55. The quantitative estimate of drug-likeness (QED) is 0.867. The molecule has 1 aromatic rings. The van der Waals surface area contributed by atoms with Crippen LogP contribution < -0.4 is 10.6 Å². The summed E-state index contributed by atoms with van der Waals surface area (Å²) in [6.45, 7) is 10.6. The lowest BCUT2D eigenvalue weighted by Crippen LogP contribution is -2.23. The summed E-state index contributed by atoms with van der Waals surface area (Å²) in [5.74, 6) is 0.643. The van der Waals surface area contributed by atoms with Gasteiger partial charge in [-0.15, -0.1) is 0 Å². The molecule has 2 rings (SSSR count). The number of hydrogen-bond acceptors (Lipinski definition) is 2. The molecule has 1 saturated carbocycles. The summed E-state index contributed by atoms with van der Waals surface area (Å²) in [7, 11) is 0. The van der Waals surface area contributed by atoms with E-state index in [2.05, 4.69) is 44.4 Å². The van der Waals surface area contributed by atoms with E-state index in [-0.39, 0.29) is 5.91 Å². The van der Waals surface area contributed by atoms with E-state index in [4.69, 9.17) is 0 Å². The molecule has 0 bridgehead atoms. The minimum Gasteiger partial charge on any atom is -0.382 e. The van der Waals surface area contributed by atoms with Crippen molar-refractivity contribution in [1.82, 2.24) is 0 Å². The van der Waals surface area contributed by atoms with Crippen LogP contribution in [0.5, 0.6) is 0 Å². The lowest BCUT2D eigenvalue weighted by molar-refractivity contribution is -0.114. The summed E-state index contributed by atoms with van der Waals surface area (Å²) in [5, 5.41) is 6.52. The highest BCUT2D eigenvalue weighted by molar-refractivity contribution is 5.89. The van der Waals surface area contributed by atoms with Crippen molar-refractivity contribution in [1.29, 1.82) is 0 Å². The van der Waals surface area contributed by atoms with Gasteiger partial charge in [-0.05, 0) is 48.8 Å². The van der Waals surface area contributed by atoms with E-state index in [0.29, 0.717) is 17.4 Å². The summed E-state index contributed by atoms with van der Waals surface area (Å²) >= 11 is 0. The van der Waals surface area contributed by atoms with Crippen LogP contribution in [0.15, 0.2) is 18.2 Å². The number of carbonyl (C=O) groups is 1. The predicted molar refractivity (Wildman–Crippen MR) is 85.1 cm³/mol. The van der Waals surface area contributed by atoms with Gasteiger partial charge in [-0.1, -0.05) is 26.8 Å². The van der Waals surface area contributed by atoms with Gasteiger partial charge in [0.05, 0.1) is 0 Å². The molecule has 0 aromatic heterocycles. The molecule has 0 aliphatic heterocycles. The molecule has 2 N–H and O–H groups in total. The number of aryl methyl sites for hydroxylation is 1. The van der Waals surface area contributed by atoms with E-state index in [1.54, 1.807) is 0 Å². The zero-order chi connectivity index (χ0) is 14.9. The molecule has 0 saturated heterocycles. The lowest BCUT2D eigenvalue weighted by Gasteiger charge is -2.21. The highest BCUT2D eigenvalue weighted by atomic mass is 16.1. The Hall–Kier alpha value is -1.51. The van der Waals surface area contributed by atoms with Crippen molar-refractivity contribution < 1.29 is 4.79 Å². The Labute approximate surface area is 122 Å². The molecule has 1 aromatic carbocycles. The molecule has 1 fully saturated rings. The maximum absolute atomic E-state index is 11.2. The van der Waals surface area contributed by atoms with E-state index in [9.17, 15) is 4.79 Å². The Morgan fingerprint density at radius 2 is 2.00 bits per heavy atom. The van der Waals surface area contributed by atoms with Crippen LogP contribution >= 0.6 is 0 Å². The summed E-state index contributed by atoms with van der Waals surface area (Å²) in [4.78, 5) is 11.2. The summed E-state index contributed by atoms with van der Waals surface area (Å²) < 4.78 is 0. The topological polar surface area (TPSA) is 41.1 Å². The van der Waals surface area contributed by atoms with E-state index in [1.165, 1.54) is 25.3 Å². The minimum atomic E-state index is -0.0322. The molecular weight excluding hydrogens is 248 g/mol. The van der Waals surface area contributed by atoms with Crippen LogP contribution in [0.25, 0.3) is 0 Å². The van der Waals surface area contributed by atoms with E-state index >= 15 is 0 Å². The Balaban J connectivity index is 2.14. The first-order chi connectivity index (χ1) is 9.27. The first-order valence-corrected chi connectivity index (χ1v) is 7.42. The van der Waals surface area contributed by atoms with Gasteiger partial charge in [0.25, 0.3) is 0 Å². The van der Waals surface area contributed by atoms with E-state index in [1.807, 2.05) is 12.1 Å². The summed E-state index contributed by atoms with van der Waals surface area (Å²) in [5.41, 5.74) is 3.62. The molecule has 110 valence electrons. The van der Waals surface area contributed by atoms with Gasteiger partial charge >= 0.3 is 0 Å². The molecule has 1 aliphatic carbocycles. The normalized spacial score (nSPS) is 24.4. The standard InChI is InChI=1S/C17H26N2O/c1-11-6-7-14(18-13(3)20)8-15(11)19-16-10-17(4,5)9-12(16)2/h6-8,12,16,19H,9-10H2,1-5H3,(H,18,20). The average Bonchev–Trinajstić information content (AvgIpc) is 2.56. The molecule has 0 heterocycles. The molecule has 1 amide bonds. The number of benzene rings is 1. The number of carbonyl (C=O) groups excluding carboxylic acids is 1. The zero-order valence-electron chi connectivity index (χ0n) is 13.2. The first-order valence-electron chi connectivity index (χ1n) is 7.42. The zero-order valence-corrected chi connectivity index (χ0v) is 13.2. The van der Waals surface area contributed by atoms with Crippen LogP contribution in [0.3, 0.4) is 0 Å². The highest BCUT2D eigenvalue weighted by Crippen LogP contribution is 2.42. The summed E-state index contributed by atoms with van der Waals surface area (Å²) in [6.07, 6.45) is 2.45. The third-order valence-electron chi connectivity index (χ3n) is 4.23. The van der Waals surface area contributed by atoms with Crippen molar-refractivity contribution in [3.8, 4) is 0 Å². The fraction of sp³-hybridized carbons (Fsp3) is 0.588. The molecule has 1 aliphatic rings. The number of amides is 1. The van der Waals surface area contributed by atoms with Gasteiger partial charge in [-0.25, -0.2) is 0 Å². The van der Waals surface area contributed by atoms with Crippen LogP contribution in [-0.2, 0) is 4.79 Å². The second-order valence-corrected chi connectivity index (χ2v) is 7.01. The predicted octanol–water partition coefficient (Wildman–Crippen LogP) is 4.19. The molecule has 0 radical (unpaired) electrons. The largest absolute Gasteiger partial charge is 0.382 e. The van der Waals surface area contributed by atoms with Crippen LogP contribution in [0.4, 0.5) is 11.4 Å². The number of anilines is 2. The van der Waals surface area contributed by atoms with Crippen LogP contribution in [0, 0.1) is 18.3 Å². The maximum atomic E-state index is 11.2. The lowest BCUT2D eigenvalue weighted by atomic mass is 9.91. The monoisotopic (exact) mass is 274 g/mol. The van der Waals surface area contributed by atoms with Crippen molar-refractivity contribution in [2.45, 2.75) is 53.5 Å². The van der Waals surface area contributed by atoms with Crippen molar-refractivity contribution in [2.24, 2.45) is 11.3 Å². The maximum Gasteiger partial charge on any atom is 0.221 e. The third kappa shape index (κ3) is 3.53. The van der Waals surface area contributed by atoms with Crippen molar-refractivity contribution in [3.05, 3.63) is 23.8 Å². The van der Waals surface area contributed by atoms with Crippen molar-refractivity contribution in [3.63, 3.8) is 0 Å². The third-order valence-corrected chi connectivity index (χ3v) is 4.23. The number of hydrogen-bond donors (Lipinski definition) is 2. The molecule has 3 heteroatoms. The van der Waals surface area contributed by atoms with Gasteiger partial charge in [0.15, 0.2) is 0 Å². The smallest absolute Gasteiger partial charge is 0.221 e. The van der Waals surface area contributed by atoms with Crippen LogP contribution in [0.2, 0.25) is 0 Å². The fourth-order valence-electron chi connectivity index (χ4n) is 3.35. The Morgan fingerprint density at radius 1 is 1.30 bits per heavy atom. The van der Waals surface area contributed by atoms with Gasteiger partial charge in [-0.2, -0.15) is 0 Å². The molecular formula is C17H26N2O. The first kappa shape index (κ1) is 14.9. The van der Waals surface area contributed by atoms with Gasteiger partial charge in [0, 0.05) is 24.3 Å². The SMILES string of the molecule is CC(=O)Nc1ccc(C)c(NC2CC(C)(C)CC2C)c1. The number of rotatable bonds is 3. The molecule has 2 unspecified atom stereocenters. The molecule has 2 atom stereocenters. The van der Waals surface area contributed by atoms with E-state index < -0.39 is 0 Å². The number of nitrogens with one attached hydrogen (secondary N) is 2. The Morgan fingerprint density at radius 3 is 2.55 bits per heavy atom. The average molecular weight is 274 g/mol. The Kier molecular flexibility index (Phi) is 4.07. The van der Waals surface area contributed by atoms with Crippen molar-refractivity contribution in [2.75, 3.05) is 10.6 Å². The molecule has 0 spiro atoms. The van der Waals surface area contributed by atoms with E-state index in [0.717, 1.165) is 11.4 Å². The van der Waals surface area contributed by atoms with Crippen LogP contribution in [0.1, 0.15) is 46.1 Å². The van der Waals surface area contributed by atoms with Gasteiger partial charge in [-0.3, -0.25) is 4.79 Å². The Bertz CT molecular complexity index is 508. The second-order valence-electron chi connectivity index (χ2n) is 7.01. The van der Waals surface area contributed by atoms with Gasteiger partial charge < -0.3 is 10.6 Å². The van der Waals surface area contributed by atoms with Gasteiger partial charge in [0.1, 0.15) is 0 Å². The molecule has 20 heavy (non-hydrogen) atoms. The minimum absolute atomic E-state index is 0.0322. The van der Waals surface area contributed by atoms with Gasteiger partial charge in [0.2, 0.25) is 5.91 Å². The second kappa shape index (κ2) is 5.47. The van der Waals surface area contributed by atoms with Crippen LogP contribution in [-0.4, -0.2) is 11.9 Å². The molecule has 3 nitrogen and oxygen atoms in total. The highest BCUT2D eigenvalue weighted by Gasteiger charge is 2.36. The van der Waals surface area contributed by atoms with Crippen molar-refractivity contribution >= 4 is 17.3 Å².